The number of carbonyl (C=O) groups excluding carboxylic acids is 1. The second-order valence-electron chi connectivity index (χ2n) is 3.29. The van der Waals surface area contributed by atoms with Gasteiger partial charge in [-0.25, -0.2) is 4.79 Å². The Morgan fingerprint density at radius 3 is 2.75 bits per heavy atom. The lowest BCUT2D eigenvalue weighted by Gasteiger charge is -2.04. The Hall–Kier alpha value is -0.790. The van der Waals surface area contributed by atoms with Gasteiger partial charge in [0.2, 0.25) is 0 Å². The Labute approximate surface area is 73.6 Å². The Morgan fingerprint density at radius 1 is 1.58 bits per heavy atom. The van der Waals surface area contributed by atoms with Crippen molar-refractivity contribution in [2.45, 2.75) is 32.6 Å². The SMILES string of the molecule is C=C(C(=O)OCCCC)C1CC1. The van der Waals surface area contributed by atoms with Crippen LogP contribution in [0.5, 0.6) is 0 Å². The Morgan fingerprint density at radius 2 is 2.25 bits per heavy atom. The number of hydrogen-bond acceptors (Lipinski definition) is 2. The minimum absolute atomic E-state index is 0.189. The quantitative estimate of drug-likeness (QED) is 0.357. The van der Waals surface area contributed by atoms with Crippen molar-refractivity contribution < 1.29 is 9.53 Å². The van der Waals surface area contributed by atoms with Crippen LogP contribution >= 0.6 is 0 Å². The van der Waals surface area contributed by atoms with E-state index in [1.54, 1.807) is 0 Å². The first-order chi connectivity index (χ1) is 5.75. The smallest absolute Gasteiger partial charge is 0.333 e. The van der Waals surface area contributed by atoms with E-state index in [0.29, 0.717) is 18.1 Å². The van der Waals surface area contributed by atoms with E-state index in [4.69, 9.17) is 4.74 Å². The molecule has 0 aromatic rings. The van der Waals surface area contributed by atoms with Gasteiger partial charge in [0, 0.05) is 5.57 Å². The van der Waals surface area contributed by atoms with Gasteiger partial charge in [-0.05, 0) is 25.2 Å². The molecule has 0 amide bonds. The summed E-state index contributed by atoms with van der Waals surface area (Å²) >= 11 is 0. The van der Waals surface area contributed by atoms with Crippen molar-refractivity contribution in [3.8, 4) is 0 Å². The summed E-state index contributed by atoms with van der Waals surface area (Å²) in [6.07, 6.45) is 4.23. The van der Waals surface area contributed by atoms with Crippen LogP contribution in [0.15, 0.2) is 12.2 Å². The monoisotopic (exact) mass is 168 g/mol. The van der Waals surface area contributed by atoms with Crippen LogP contribution < -0.4 is 0 Å². The van der Waals surface area contributed by atoms with Gasteiger partial charge in [0.05, 0.1) is 6.61 Å². The molecule has 1 rings (SSSR count). The van der Waals surface area contributed by atoms with E-state index >= 15 is 0 Å². The topological polar surface area (TPSA) is 26.3 Å². The van der Waals surface area contributed by atoms with Gasteiger partial charge >= 0.3 is 5.97 Å². The fourth-order valence-electron chi connectivity index (χ4n) is 1.00. The van der Waals surface area contributed by atoms with Crippen LogP contribution in [0.4, 0.5) is 0 Å². The van der Waals surface area contributed by atoms with E-state index in [0.717, 1.165) is 25.7 Å². The van der Waals surface area contributed by atoms with Crippen molar-refractivity contribution in [3.05, 3.63) is 12.2 Å². The number of esters is 1. The molecular formula is C10H16O2. The largest absolute Gasteiger partial charge is 0.462 e. The van der Waals surface area contributed by atoms with E-state index in [9.17, 15) is 4.79 Å². The molecule has 1 fully saturated rings. The van der Waals surface area contributed by atoms with Crippen LogP contribution in [0.25, 0.3) is 0 Å². The Bertz CT molecular complexity index is 180. The van der Waals surface area contributed by atoms with Gasteiger partial charge in [0.15, 0.2) is 0 Å². The lowest BCUT2D eigenvalue weighted by Crippen LogP contribution is -2.09. The summed E-state index contributed by atoms with van der Waals surface area (Å²) in [6.45, 7) is 6.34. The van der Waals surface area contributed by atoms with Crippen molar-refractivity contribution in [2.75, 3.05) is 6.61 Å². The van der Waals surface area contributed by atoms with Crippen molar-refractivity contribution in [2.24, 2.45) is 5.92 Å². The molecular weight excluding hydrogens is 152 g/mol. The first-order valence-electron chi connectivity index (χ1n) is 4.61. The number of hydrogen-bond donors (Lipinski definition) is 0. The number of unbranched alkanes of at least 4 members (excludes halogenated alkanes) is 1. The first kappa shape index (κ1) is 9.30. The van der Waals surface area contributed by atoms with Gasteiger partial charge in [0.25, 0.3) is 0 Å². The molecule has 2 nitrogen and oxygen atoms in total. The molecule has 0 aromatic heterocycles. The summed E-state index contributed by atoms with van der Waals surface area (Å²) in [5, 5.41) is 0. The van der Waals surface area contributed by atoms with Gasteiger partial charge in [-0.3, -0.25) is 0 Å². The molecule has 0 bridgehead atoms. The number of ether oxygens (including phenoxy) is 1. The molecule has 1 aliphatic rings. The van der Waals surface area contributed by atoms with Gasteiger partial charge in [-0.15, -0.1) is 0 Å². The number of carbonyl (C=O) groups is 1. The van der Waals surface area contributed by atoms with Crippen LogP contribution in [0.1, 0.15) is 32.6 Å². The third kappa shape index (κ3) is 2.68. The normalized spacial score (nSPS) is 15.8. The molecule has 0 heterocycles. The molecule has 0 spiro atoms. The second-order valence-corrected chi connectivity index (χ2v) is 3.29. The highest BCUT2D eigenvalue weighted by Gasteiger charge is 2.29. The lowest BCUT2D eigenvalue weighted by atomic mass is 10.2. The van der Waals surface area contributed by atoms with E-state index in [-0.39, 0.29) is 5.97 Å². The molecule has 0 atom stereocenters. The van der Waals surface area contributed by atoms with Gasteiger partial charge < -0.3 is 4.74 Å². The standard InChI is InChI=1S/C10H16O2/c1-3-4-7-12-10(11)8(2)9-5-6-9/h9H,2-7H2,1H3. The summed E-state index contributed by atoms with van der Waals surface area (Å²) in [5.41, 5.74) is 0.672. The third-order valence-electron chi connectivity index (χ3n) is 2.06. The summed E-state index contributed by atoms with van der Waals surface area (Å²) < 4.78 is 5.01. The lowest BCUT2D eigenvalue weighted by molar-refractivity contribution is -0.139. The molecule has 12 heavy (non-hydrogen) atoms. The van der Waals surface area contributed by atoms with Crippen molar-refractivity contribution in [1.29, 1.82) is 0 Å². The maximum absolute atomic E-state index is 11.2. The highest BCUT2D eigenvalue weighted by Crippen LogP contribution is 2.35. The fraction of sp³-hybridized carbons (Fsp3) is 0.700. The molecule has 1 saturated carbocycles. The molecule has 0 aliphatic heterocycles. The molecule has 0 aromatic carbocycles. The van der Waals surface area contributed by atoms with Crippen LogP contribution in [0, 0.1) is 5.92 Å². The zero-order valence-corrected chi connectivity index (χ0v) is 7.64. The average molecular weight is 168 g/mol. The van der Waals surface area contributed by atoms with E-state index < -0.39 is 0 Å². The zero-order valence-electron chi connectivity index (χ0n) is 7.64. The first-order valence-corrected chi connectivity index (χ1v) is 4.61. The van der Waals surface area contributed by atoms with Crippen molar-refractivity contribution >= 4 is 5.97 Å². The Kier molecular flexibility index (Phi) is 3.32. The van der Waals surface area contributed by atoms with Crippen molar-refractivity contribution in [3.63, 3.8) is 0 Å². The minimum Gasteiger partial charge on any atom is -0.462 e. The van der Waals surface area contributed by atoms with E-state index in [1.807, 2.05) is 0 Å². The second kappa shape index (κ2) is 4.29. The number of rotatable bonds is 5. The average Bonchev–Trinajstić information content (AvgIpc) is 2.86. The molecule has 0 unspecified atom stereocenters. The summed E-state index contributed by atoms with van der Waals surface area (Å²) in [7, 11) is 0. The predicted octanol–water partition coefficient (Wildman–Crippen LogP) is 2.30. The van der Waals surface area contributed by atoms with Gasteiger partial charge in [-0.2, -0.15) is 0 Å². The van der Waals surface area contributed by atoms with E-state index in [2.05, 4.69) is 13.5 Å². The zero-order chi connectivity index (χ0) is 8.97. The molecule has 1 aliphatic carbocycles. The summed E-state index contributed by atoms with van der Waals surface area (Å²) in [6, 6.07) is 0. The van der Waals surface area contributed by atoms with Gasteiger partial charge in [0.1, 0.15) is 0 Å². The summed E-state index contributed by atoms with van der Waals surface area (Å²) in [4.78, 5) is 11.2. The third-order valence-corrected chi connectivity index (χ3v) is 2.06. The summed E-state index contributed by atoms with van der Waals surface area (Å²) in [5.74, 6) is 0.241. The fourth-order valence-corrected chi connectivity index (χ4v) is 1.00. The molecule has 0 saturated heterocycles. The van der Waals surface area contributed by atoms with Crippen LogP contribution in [-0.4, -0.2) is 12.6 Å². The van der Waals surface area contributed by atoms with Crippen LogP contribution in [0.3, 0.4) is 0 Å². The maximum atomic E-state index is 11.2. The predicted molar refractivity (Wildman–Crippen MR) is 47.7 cm³/mol. The molecule has 2 heteroatoms. The van der Waals surface area contributed by atoms with Crippen LogP contribution in [-0.2, 0) is 9.53 Å². The minimum atomic E-state index is -0.189. The van der Waals surface area contributed by atoms with Crippen molar-refractivity contribution in [1.82, 2.24) is 0 Å². The highest BCUT2D eigenvalue weighted by atomic mass is 16.5. The van der Waals surface area contributed by atoms with Gasteiger partial charge in [-0.1, -0.05) is 19.9 Å². The molecule has 0 radical (unpaired) electrons. The maximum Gasteiger partial charge on any atom is 0.333 e. The Balaban J connectivity index is 2.14. The van der Waals surface area contributed by atoms with E-state index in [1.165, 1.54) is 0 Å². The molecule has 0 N–H and O–H groups in total. The molecule has 68 valence electrons. The highest BCUT2D eigenvalue weighted by molar-refractivity contribution is 5.88. The van der Waals surface area contributed by atoms with Crippen LogP contribution in [0.2, 0.25) is 0 Å².